The second-order valence-electron chi connectivity index (χ2n) is 6.23. The molecule has 1 saturated heterocycles. The van der Waals surface area contributed by atoms with Crippen LogP contribution in [0, 0.1) is 0 Å². The number of nitrogens with one attached hydrogen (secondary N) is 1. The number of nitrogens with zero attached hydrogens (tertiary/aromatic N) is 3. The lowest BCUT2D eigenvalue weighted by Crippen LogP contribution is -2.43. The molecular formula is C18H23FN4O2. The zero-order valence-corrected chi connectivity index (χ0v) is 14.1. The maximum Gasteiger partial charge on any atom is 0.225 e. The number of aliphatic hydroxyl groups is 1. The van der Waals surface area contributed by atoms with Crippen molar-refractivity contribution < 1.29 is 14.2 Å². The van der Waals surface area contributed by atoms with Crippen LogP contribution in [0.5, 0.6) is 5.75 Å². The van der Waals surface area contributed by atoms with E-state index in [9.17, 15) is 9.50 Å². The number of halogens is 1. The molecule has 7 heteroatoms. The van der Waals surface area contributed by atoms with Gasteiger partial charge in [0.2, 0.25) is 5.95 Å². The maximum absolute atomic E-state index is 12.1. The van der Waals surface area contributed by atoms with Gasteiger partial charge in [-0.05, 0) is 30.2 Å². The zero-order chi connectivity index (χ0) is 17.5. The topological polar surface area (TPSA) is 70.5 Å². The molecule has 1 aliphatic heterocycles. The first-order valence-electron chi connectivity index (χ1n) is 8.41. The average molecular weight is 346 g/mol. The third kappa shape index (κ3) is 4.87. The second kappa shape index (κ2) is 8.22. The van der Waals surface area contributed by atoms with Gasteiger partial charge in [-0.2, -0.15) is 0 Å². The SMILES string of the molecule is O[C@]1(CNCc2ccc(OCCF)cc2)CCN(c2ncccn2)C1. The van der Waals surface area contributed by atoms with E-state index in [1.807, 2.05) is 29.2 Å². The van der Waals surface area contributed by atoms with E-state index >= 15 is 0 Å². The van der Waals surface area contributed by atoms with Gasteiger partial charge in [0, 0.05) is 32.0 Å². The standard InChI is InChI=1S/C18H23FN4O2/c19-7-11-25-16-4-2-15(3-5-16)12-20-13-18(24)6-10-23(14-18)17-21-8-1-9-22-17/h1-5,8-9,20,24H,6-7,10-14H2/t18-/m0/s1. The van der Waals surface area contributed by atoms with Gasteiger partial charge in [-0.1, -0.05) is 12.1 Å². The van der Waals surface area contributed by atoms with Crippen LogP contribution in [-0.4, -0.2) is 53.6 Å². The molecule has 1 fully saturated rings. The lowest BCUT2D eigenvalue weighted by atomic mass is 10.0. The maximum atomic E-state index is 12.1. The highest BCUT2D eigenvalue weighted by Gasteiger charge is 2.36. The second-order valence-corrected chi connectivity index (χ2v) is 6.23. The fourth-order valence-electron chi connectivity index (χ4n) is 2.93. The molecule has 0 aliphatic carbocycles. The van der Waals surface area contributed by atoms with Gasteiger partial charge in [0.05, 0.1) is 12.1 Å². The van der Waals surface area contributed by atoms with Crippen molar-refractivity contribution in [2.24, 2.45) is 0 Å². The van der Waals surface area contributed by atoms with E-state index in [1.54, 1.807) is 18.5 Å². The van der Waals surface area contributed by atoms with Gasteiger partial charge >= 0.3 is 0 Å². The summed E-state index contributed by atoms with van der Waals surface area (Å²) in [6.07, 6.45) is 4.09. The third-order valence-electron chi connectivity index (χ3n) is 4.22. The number of anilines is 1. The number of hydrogen-bond donors (Lipinski definition) is 2. The molecule has 134 valence electrons. The molecule has 2 N–H and O–H groups in total. The van der Waals surface area contributed by atoms with Gasteiger partial charge in [0.25, 0.3) is 0 Å². The van der Waals surface area contributed by atoms with Crippen molar-refractivity contribution in [2.75, 3.05) is 37.8 Å². The van der Waals surface area contributed by atoms with Crippen LogP contribution in [0.3, 0.4) is 0 Å². The summed E-state index contributed by atoms with van der Waals surface area (Å²) in [6.45, 7) is 1.98. The number of aromatic nitrogens is 2. The van der Waals surface area contributed by atoms with E-state index < -0.39 is 12.3 Å². The minimum absolute atomic E-state index is 0.0757. The summed E-state index contributed by atoms with van der Waals surface area (Å²) < 4.78 is 17.3. The Balaban J connectivity index is 1.45. The monoisotopic (exact) mass is 346 g/mol. The molecule has 3 rings (SSSR count). The first-order valence-corrected chi connectivity index (χ1v) is 8.41. The van der Waals surface area contributed by atoms with Crippen molar-refractivity contribution in [2.45, 2.75) is 18.6 Å². The van der Waals surface area contributed by atoms with E-state index in [4.69, 9.17) is 4.74 Å². The van der Waals surface area contributed by atoms with Crippen LogP contribution >= 0.6 is 0 Å². The van der Waals surface area contributed by atoms with Gasteiger partial charge in [-0.15, -0.1) is 0 Å². The largest absolute Gasteiger partial charge is 0.491 e. The molecule has 0 saturated carbocycles. The predicted molar refractivity (Wildman–Crippen MR) is 93.4 cm³/mol. The summed E-state index contributed by atoms with van der Waals surface area (Å²) in [5, 5.41) is 14.0. The molecule has 1 aliphatic rings. The lowest BCUT2D eigenvalue weighted by Gasteiger charge is -2.23. The van der Waals surface area contributed by atoms with Crippen LogP contribution in [0.15, 0.2) is 42.7 Å². The van der Waals surface area contributed by atoms with Gasteiger partial charge in [0.1, 0.15) is 19.0 Å². The van der Waals surface area contributed by atoms with Crippen LogP contribution in [0.2, 0.25) is 0 Å². The smallest absolute Gasteiger partial charge is 0.225 e. The Bertz CT molecular complexity index is 656. The molecule has 0 bridgehead atoms. The van der Waals surface area contributed by atoms with Crippen molar-refractivity contribution in [1.29, 1.82) is 0 Å². The highest BCUT2D eigenvalue weighted by Crippen LogP contribution is 2.23. The van der Waals surface area contributed by atoms with E-state index in [0.29, 0.717) is 37.8 Å². The third-order valence-corrected chi connectivity index (χ3v) is 4.22. The van der Waals surface area contributed by atoms with Gasteiger partial charge in [-0.3, -0.25) is 0 Å². The molecule has 1 aromatic carbocycles. The van der Waals surface area contributed by atoms with Crippen LogP contribution in [0.4, 0.5) is 10.3 Å². The minimum atomic E-state index is -0.788. The fraction of sp³-hybridized carbons (Fsp3) is 0.444. The normalized spacial score (nSPS) is 20.0. The molecule has 0 unspecified atom stereocenters. The first kappa shape index (κ1) is 17.6. The van der Waals surface area contributed by atoms with Crippen LogP contribution in [0.25, 0.3) is 0 Å². The van der Waals surface area contributed by atoms with Gasteiger partial charge < -0.3 is 20.1 Å². The Hall–Kier alpha value is -2.25. The Morgan fingerprint density at radius 1 is 1.24 bits per heavy atom. The number of β-amino-alcohol motifs (C(OH)–C–C–N with tert-alkyl or cyclic N) is 1. The van der Waals surface area contributed by atoms with E-state index in [0.717, 1.165) is 12.1 Å². The van der Waals surface area contributed by atoms with Gasteiger partial charge in [-0.25, -0.2) is 14.4 Å². The van der Waals surface area contributed by atoms with Crippen molar-refractivity contribution in [3.8, 4) is 5.75 Å². The number of alkyl halides is 1. The Morgan fingerprint density at radius 2 is 2.00 bits per heavy atom. The zero-order valence-electron chi connectivity index (χ0n) is 14.1. The summed E-state index contributed by atoms with van der Waals surface area (Å²) >= 11 is 0. The predicted octanol–water partition coefficient (Wildman–Crippen LogP) is 1.56. The lowest BCUT2D eigenvalue weighted by molar-refractivity contribution is 0.0626. The highest BCUT2D eigenvalue weighted by molar-refractivity contribution is 5.32. The van der Waals surface area contributed by atoms with Crippen LogP contribution < -0.4 is 15.0 Å². The summed E-state index contributed by atoms with van der Waals surface area (Å²) in [5.41, 5.74) is 0.293. The molecule has 1 atom stereocenters. The highest BCUT2D eigenvalue weighted by atomic mass is 19.1. The molecule has 2 heterocycles. The summed E-state index contributed by atoms with van der Waals surface area (Å²) in [4.78, 5) is 10.5. The Morgan fingerprint density at radius 3 is 2.72 bits per heavy atom. The molecule has 0 spiro atoms. The molecule has 1 aromatic heterocycles. The minimum Gasteiger partial charge on any atom is -0.491 e. The van der Waals surface area contributed by atoms with Crippen molar-refractivity contribution in [1.82, 2.24) is 15.3 Å². The van der Waals surface area contributed by atoms with Crippen molar-refractivity contribution in [3.63, 3.8) is 0 Å². The number of hydrogen-bond acceptors (Lipinski definition) is 6. The van der Waals surface area contributed by atoms with Crippen molar-refractivity contribution in [3.05, 3.63) is 48.3 Å². The van der Waals surface area contributed by atoms with Crippen LogP contribution in [-0.2, 0) is 6.54 Å². The molecule has 6 nitrogen and oxygen atoms in total. The first-order chi connectivity index (χ1) is 12.2. The van der Waals surface area contributed by atoms with Crippen LogP contribution in [0.1, 0.15) is 12.0 Å². The number of ether oxygens (including phenoxy) is 1. The Kier molecular flexibility index (Phi) is 5.78. The molecule has 0 radical (unpaired) electrons. The number of benzene rings is 1. The summed E-state index contributed by atoms with van der Waals surface area (Å²) in [5.74, 6) is 1.32. The molecule has 25 heavy (non-hydrogen) atoms. The Labute approximate surface area is 146 Å². The summed E-state index contributed by atoms with van der Waals surface area (Å²) in [6, 6.07) is 9.30. The van der Waals surface area contributed by atoms with E-state index in [-0.39, 0.29) is 6.61 Å². The van der Waals surface area contributed by atoms with Crippen molar-refractivity contribution >= 4 is 5.95 Å². The molecule has 0 amide bonds. The quantitative estimate of drug-likeness (QED) is 0.756. The fourth-order valence-corrected chi connectivity index (χ4v) is 2.93. The number of rotatable bonds is 8. The average Bonchev–Trinajstić information content (AvgIpc) is 3.04. The molecular weight excluding hydrogens is 323 g/mol. The van der Waals surface area contributed by atoms with E-state index in [2.05, 4.69) is 15.3 Å². The van der Waals surface area contributed by atoms with Gasteiger partial charge in [0.15, 0.2) is 0 Å². The summed E-state index contributed by atoms with van der Waals surface area (Å²) in [7, 11) is 0. The van der Waals surface area contributed by atoms with E-state index in [1.165, 1.54) is 0 Å². The molecule has 2 aromatic rings.